The smallest absolute Gasteiger partial charge is 0.339 e. The van der Waals surface area contributed by atoms with Gasteiger partial charge in [0.15, 0.2) is 0 Å². The Morgan fingerprint density at radius 3 is 2.68 bits per heavy atom. The standard InChI is InChI=1S/C14H13ClN2O2/c1-3-19-14(18)11-5-6-12(17-9(11)2)10-4-7-13(15)16-8-10/h4-8H,3H2,1-2H3. The highest BCUT2D eigenvalue weighted by Crippen LogP contribution is 2.19. The van der Waals surface area contributed by atoms with Gasteiger partial charge in [-0.15, -0.1) is 0 Å². The van der Waals surface area contributed by atoms with Crippen LogP contribution in [0.5, 0.6) is 0 Å². The minimum atomic E-state index is -0.353. The minimum absolute atomic E-state index is 0.348. The van der Waals surface area contributed by atoms with E-state index in [1.54, 1.807) is 38.2 Å². The van der Waals surface area contributed by atoms with Crippen LogP contribution >= 0.6 is 11.6 Å². The van der Waals surface area contributed by atoms with E-state index in [1.807, 2.05) is 6.07 Å². The second-order valence-corrected chi connectivity index (χ2v) is 4.31. The first-order valence-corrected chi connectivity index (χ1v) is 6.26. The Hall–Kier alpha value is -1.94. The molecule has 0 atom stereocenters. The van der Waals surface area contributed by atoms with Gasteiger partial charge in [-0.2, -0.15) is 0 Å². The summed E-state index contributed by atoms with van der Waals surface area (Å²) in [4.78, 5) is 20.1. The number of aryl methyl sites for hydroxylation is 1. The third-order valence-electron chi connectivity index (χ3n) is 2.60. The third kappa shape index (κ3) is 3.09. The maximum absolute atomic E-state index is 11.7. The Bertz CT molecular complexity index is 597. The summed E-state index contributed by atoms with van der Waals surface area (Å²) >= 11 is 5.74. The van der Waals surface area contributed by atoms with Crippen LogP contribution in [0.1, 0.15) is 23.0 Å². The van der Waals surface area contributed by atoms with E-state index >= 15 is 0 Å². The molecule has 0 aromatic carbocycles. The molecule has 0 amide bonds. The van der Waals surface area contributed by atoms with Crippen LogP contribution in [0.15, 0.2) is 30.5 Å². The first-order chi connectivity index (χ1) is 9.11. The molecule has 0 aliphatic carbocycles. The molecule has 0 fully saturated rings. The van der Waals surface area contributed by atoms with Crippen molar-refractivity contribution < 1.29 is 9.53 Å². The fraction of sp³-hybridized carbons (Fsp3) is 0.214. The fourth-order valence-electron chi connectivity index (χ4n) is 1.67. The van der Waals surface area contributed by atoms with Crippen LogP contribution in [0.4, 0.5) is 0 Å². The molecule has 0 N–H and O–H groups in total. The Balaban J connectivity index is 2.33. The number of aromatic nitrogens is 2. The van der Waals surface area contributed by atoms with E-state index in [1.165, 1.54) is 0 Å². The number of pyridine rings is 2. The average Bonchev–Trinajstić information content (AvgIpc) is 2.39. The molecule has 5 heteroatoms. The SMILES string of the molecule is CCOC(=O)c1ccc(-c2ccc(Cl)nc2)nc1C. The Morgan fingerprint density at radius 1 is 1.32 bits per heavy atom. The zero-order valence-corrected chi connectivity index (χ0v) is 11.4. The van der Waals surface area contributed by atoms with E-state index in [4.69, 9.17) is 16.3 Å². The van der Waals surface area contributed by atoms with Gasteiger partial charge in [-0.1, -0.05) is 11.6 Å². The van der Waals surface area contributed by atoms with Crippen molar-refractivity contribution in [1.29, 1.82) is 0 Å². The third-order valence-corrected chi connectivity index (χ3v) is 2.83. The Labute approximate surface area is 116 Å². The molecule has 0 radical (unpaired) electrons. The molecular formula is C14H13ClN2O2. The molecule has 0 saturated carbocycles. The summed E-state index contributed by atoms with van der Waals surface area (Å²) in [6.45, 7) is 3.90. The maximum Gasteiger partial charge on any atom is 0.339 e. The van der Waals surface area contributed by atoms with Gasteiger partial charge in [0, 0.05) is 11.8 Å². The molecule has 2 rings (SSSR count). The monoisotopic (exact) mass is 276 g/mol. The van der Waals surface area contributed by atoms with Crippen LogP contribution in [-0.4, -0.2) is 22.5 Å². The number of esters is 1. The molecule has 0 aliphatic rings. The molecule has 0 unspecified atom stereocenters. The molecule has 0 spiro atoms. The molecule has 19 heavy (non-hydrogen) atoms. The van der Waals surface area contributed by atoms with Gasteiger partial charge in [0.1, 0.15) is 5.15 Å². The summed E-state index contributed by atoms with van der Waals surface area (Å²) < 4.78 is 4.96. The van der Waals surface area contributed by atoms with Crippen LogP contribution in [0, 0.1) is 6.92 Å². The minimum Gasteiger partial charge on any atom is -0.462 e. The van der Waals surface area contributed by atoms with Gasteiger partial charge in [0.25, 0.3) is 0 Å². The first kappa shape index (κ1) is 13.5. The van der Waals surface area contributed by atoms with Gasteiger partial charge in [-0.3, -0.25) is 4.98 Å². The zero-order valence-electron chi connectivity index (χ0n) is 10.7. The predicted octanol–water partition coefficient (Wildman–Crippen LogP) is 3.28. The molecule has 0 bridgehead atoms. The quantitative estimate of drug-likeness (QED) is 0.638. The van der Waals surface area contributed by atoms with Crippen LogP contribution in [0.2, 0.25) is 5.15 Å². The van der Waals surface area contributed by atoms with Gasteiger partial charge >= 0.3 is 5.97 Å². The lowest BCUT2D eigenvalue weighted by Gasteiger charge is -2.07. The van der Waals surface area contributed by atoms with Crippen molar-refractivity contribution in [3.63, 3.8) is 0 Å². The lowest BCUT2D eigenvalue weighted by atomic mass is 10.1. The molecule has 4 nitrogen and oxygen atoms in total. The van der Waals surface area contributed by atoms with Crippen molar-refractivity contribution in [3.05, 3.63) is 46.9 Å². The van der Waals surface area contributed by atoms with Gasteiger partial charge in [0.05, 0.1) is 23.6 Å². The summed E-state index contributed by atoms with van der Waals surface area (Å²) in [5.74, 6) is -0.353. The van der Waals surface area contributed by atoms with E-state index < -0.39 is 0 Å². The topological polar surface area (TPSA) is 52.1 Å². The summed E-state index contributed by atoms with van der Waals surface area (Å²) in [5.41, 5.74) is 2.70. The molecule has 0 aliphatic heterocycles. The number of hydrogen-bond acceptors (Lipinski definition) is 4. The number of carbonyl (C=O) groups is 1. The number of halogens is 1. The Morgan fingerprint density at radius 2 is 2.11 bits per heavy atom. The fourth-order valence-corrected chi connectivity index (χ4v) is 1.79. The first-order valence-electron chi connectivity index (χ1n) is 5.88. The average molecular weight is 277 g/mol. The predicted molar refractivity (Wildman–Crippen MR) is 73.2 cm³/mol. The van der Waals surface area contributed by atoms with Gasteiger partial charge in [-0.25, -0.2) is 9.78 Å². The van der Waals surface area contributed by atoms with Gasteiger partial charge in [0.2, 0.25) is 0 Å². The molecular weight excluding hydrogens is 264 g/mol. The van der Waals surface area contributed by atoms with Crippen molar-refractivity contribution in [1.82, 2.24) is 9.97 Å². The lowest BCUT2D eigenvalue weighted by molar-refractivity contribution is 0.0525. The van der Waals surface area contributed by atoms with Crippen LogP contribution in [0.3, 0.4) is 0 Å². The van der Waals surface area contributed by atoms with Crippen LogP contribution in [-0.2, 0) is 4.74 Å². The Kier molecular flexibility index (Phi) is 4.12. The number of carbonyl (C=O) groups excluding carboxylic acids is 1. The van der Waals surface area contributed by atoms with E-state index in [0.717, 1.165) is 11.3 Å². The van der Waals surface area contributed by atoms with Crippen molar-refractivity contribution in [2.75, 3.05) is 6.61 Å². The summed E-state index contributed by atoms with van der Waals surface area (Å²) in [6.07, 6.45) is 1.65. The largest absolute Gasteiger partial charge is 0.462 e. The number of rotatable bonds is 3. The number of hydrogen-bond donors (Lipinski definition) is 0. The van der Waals surface area contributed by atoms with Crippen LogP contribution < -0.4 is 0 Å². The van der Waals surface area contributed by atoms with E-state index in [-0.39, 0.29) is 5.97 Å². The summed E-state index contributed by atoms with van der Waals surface area (Å²) in [7, 11) is 0. The number of nitrogens with zero attached hydrogens (tertiary/aromatic N) is 2. The molecule has 98 valence electrons. The lowest BCUT2D eigenvalue weighted by Crippen LogP contribution is -2.08. The highest BCUT2D eigenvalue weighted by Gasteiger charge is 2.12. The molecule has 0 saturated heterocycles. The molecule has 2 heterocycles. The normalized spacial score (nSPS) is 10.3. The van der Waals surface area contributed by atoms with Gasteiger partial charge < -0.3 is 4.74 Å². The second-order valence-electron chi connectivity index (χ2n) is 3.92. The number of ether oxygens (including phenoxy) is 1. The highest BCUT2D eigenvalue weighted by atomic mass is 35.5. The van der Waals surface area contributed by atoms with Gasteiger partial charge in [-0.05, 0) is 38.1 Å². The van der Waals surface area contributed by atoms with Crippen molar-refractivity contribution in [2.45, 2.75) is 13.8 Å². The molecule has 2 aromatic heterocycles. The summed E-state index contributed by atoms with van der Waals surface area (Å²) in [6, 6.07) is 7.02. The van der Waals surface area contributed by atoms with E-state index in [9.17, 15) is 4.79 Å². The van der Waals surface area contributed by atoms with Crippen molar-refractivity contribution >= 4 is 17.6 Å². The van der Waals surface area contributed by atoms with E-state index in [0.29, 0.717) is 23.0 Å². The summed E-state index contributed by atoms with van der Waals surface area (Å²) in [5, 5.41) is 0.434. The second kappa shape index (κ2) is 5.80. The maximum atomic E-state index is 11.7. The van der Waals surface area contributed by atoms with Crippen molar-refractivity contribution in [3.8, 4) is 11.3 Å². The zero-order chi connectivity index (χ0) is 13.8. The molecule has 2 aromatic rings. The van der Waals surface area contributed by atoms with Crippen LogP contribution in [0.25, 0.3) is 11.3 Å². The highest BCUT2D eigenvalue weighted by molar-refractivity contribution is 6.29. The van der Waals surface area contributed by atoms with E-state index in [2.05, 4.69) is 9.97 Å². The van der Waals surface area contributed by atoms with Crippen molar-refractivity contribution in [2.24, 2.45) is 0 Å².